The summed E-state index contributed by atoms with van der Waals surface area (Å²) in [5, 5.41) is 25.8. The van der Waals surface area contributed by atoms with Crippen LogP contribution in [-0.4, -0.2) is 41.8 Å². The van der Waals surface area contributed by atoms with Crippen LogP contribution < -0.4 is 14.9 Å². The minimum atomic E-state index is -3.46. The first-order valence-electron chi connectivity index (χ1n) is 12.3. The molecule has 1 atom stereocenters. The van der Waals surface area contributed by atoms with E-state index in [0.717, 1.165) is 32.9 Å². The van der Waals surface area contributed by atoms with Gasteiger partial charge in [0.05, 0.1) is 17.9 Å². The van der Waals surface area contributed by atoms with E-state index in [1.54, 1.807) is 24.5 Å². The standard InChI is InChI=1S/C29H29N7O3S/c1-19(16-30)26(37)23-8-5-7-22(15-23)21-10-12-25(13-11-21)34-29-33-17-20(2)27(35-29)32-18-24-9-6-14-31-28(24)36(3)40(4,38)39/h5-15,17,26,37H,1,18H2,2-4H3,(H2,32,33,34,35). The Kier molecular flexibility index (Phi) is 8.43. The van der Waals surface area contributed by atoms with E-state index in [1.165, 1.54) is 7.05 Å². The monoisotopic (exact) mass is 555 g/mol. The summed E-state index contributed by atoms with van der Waals surface area (Å²) in [5.41, 5.74) is 4.81. The van der Waals surface area contributed by atoms with Gasteiger partial charge in [-0.25, -0.2) is 18.4 Å². The van der Waals surface area contributed by atoms with Crippen LogP contribution in [0.1, 0.15) is 22.8 Å². The van der Waals surface area contributed by atoms with Gasteiger partial charge in [0.1, 0.15) is 17.7 Å². The quantitative estimate of drug-likeness (QED) is 0.237. The molecule has 4 rings (SSSR count). The van der Waals surface area contributed by atoms with Crippen molar-refractivity contribution in [2.24, 2.45) is 0 Å². The van der Waals surface area contributed by atoms with Gasteiger partial charge < -0.3 is 15.7 Å². The van der Waals surface area contributed by atoms with E-state index in [-0.39, 0.29) is 5.57 Å². The zero-order valence-electron chi connectivity index (χ0n) is 22.3. The Morgan fingerprint density at radius 1 is 1.12 bits per heavy atom. The molecule has 0 saturated carbocycles. The molecule has 0 amide bonds. The summed E-state index contributed by atoms with van der Waals surface area (Å²) in [7, 11) is -1.99. The Labute approximate surface area is 233 Å². The SMILES string of the molecule is C=C(C#N)C(O)c1cccc(-c2ccc(Nc3ncc(C)c(NCc4cccnc4N(C)S(C)(=O)=O)n3)cc2)c1. The van der Waals surface area contributed by atoms with E-state index in [1.807, 2.05) is 61.5 Å². The van der Waals surface area contributed by atoms with E-state index in [2.05, 4.69) is 32.2 Å². The van der Waals surface area contributed by atoms with Crippen LogP contribution in [0.15, 0.2) is 85.2 Å². The summed E-state index contributed by atoms with van der Waals surface area (Å²) < 4.78 is 25.2. The van der Waals surface area contributed by atoms with Gasteiger partial charge in [-0.3, -0.25) is 4.31 Å². The molecule has 204 valence electrons. The molecule has 10 nitrogen and oxygen atoms in total. The maximum atomic E-state index is 12.0. The topological polar surface area (TPSA) is 144 Å². The van der Waals surface area contributed by atoms with Crippen molar-refractivity contribution in [3.63, 3.8) is 0 Å². The molecule has 11 heteroatoms. The predicted molar refractivity (Wildman–Crippen MR) is 156 cm³/mol. The molecule has 0 radical (unpaired) electrons. The molecule has 0 aliphatic heterocycles. The first-order valence-corrected chi connectivity index (χ1v) is 14.1. The van der Waals surface area contributed by atoms with E-state index in [4.69, 9.17) is 5.26 Å². The maximum absolute atomic E-state index is 12.0. The number of aliphatic hydroxyl groups excluding tert-OH is 1. The summed E-state index contributed by atoms with van der Waals surface area (Å²) in [4.78, 5) is 13.2. The van der Waals surface area contributed by atoms with Gasteiger partial charge in [0.15, 0.2) is 0 Å². The van der Waals surface area contributed by atoms with Crippen molar-refractivity contribution < 1.29 is 13.5 Å². The summed E-state index contributed by atoms with van der Waals surface area (Å²) in [6.07, 6.45) is 3.34. The minimum absolute atomic E-state index is 0.0887. The smallest absolute Gasteiger partial charge is 0.233 e. The van der Waals surface area contributed by atoms with Gasteiger partial charge in [-0.15, -0.1) is 0 Å². The van der Waals surface area contributed by atoms with Gasteiger partial charge in [0.25, 0.3) is 0 Å². The molecule has 3 N–H and O–H groups in total. The zero-order valence-corrected chi connectivity index (χ0v) is 23.1. The number of pyridine rings is 1. The average molecular weight is 556 g/mol. The first kappa shape index (κ1) is 28.2. The number of rotatable bonds is 10. The van der Waals surface area contributed by atoms with Crippen LogP contribution in [0, 0.1) is 18.3 Å². The van der Waals surface area contributed by atoms with Gasteiger partial charge in [0.2, 0.25) is 16.0 Å². The highest BCUT2D eigenvalue weighted by Gasteiger charge is 2.17. The molecule has 1 unspecified atom stereocenters. The number of nitriles is 1. The van der Waals surface area contributed by atoms with E-state index < -0.39 is 16.1 Å². The molecule has 0 saturated heterocycles. The average Bonchev–Trinajstić information content (AvgIpc) is 2.96. The number of nitrogens with zero attached hydrogens (tertiary/aromatic N) is 5. The van der Waals surface area contributed by atoms with Crippen LogP contribution in [0.4, 0.5) is 23.3 Å². The molecular weight excluding hydrogens is 526 g/mol. The Balaban J connectivity index is 1.48. The van der Waals surface area contributed by atoms with Crippen molar-refractivity contribution in [3.05, 3.63) is 102 Å². The molecule has 0 aliphatic rings. The van der Waals surface area contributed by atoms with Crippen molar-refractivity contribution in [2.75, 3.05) is 28.2 Å². The number of aliphatic hydroxyl groups is 1. The maximum Gasteiger partial charge on any atom is 0.233 e. The van der Waals surface area contributed by atoms with Gasteiger partial charge in [-0.05, 0) is 47.9 Å². The number of hydrogen-bond donors (Lipinski definition) is 3. The molecule has 0 fully saturated rings. The third-order valence-corrected chi connectivity index (χ3v) is 7.40. The second kappa shape index (κ2) is 11.9. The lowest BCUT2D eigenvalue weighted by molar-refractivity contribution is 0.221. The third kappa shape index (κ3) is 6.61. The first-order chi connectivity index (χ1) is 19.1. The lowest BCUT2D eigenvalue weighted by Gasteiger charge is -2.19. The normalized spacial score (nSPS) is 11.8. The molecule has 2 heterocycles. The number of nitrogens with one attached hydrogen (secondary N) is 2. The van der Waals surface area contributed by atoms with Crippen LogP contribution in [-0.2, 0) is 16.6 Å². The highest BCUT2D eigenvalue weighted by molar-refractivity contribution is 7.92. The largest absolute Gasteiger partial charge is 0.383 e. The number of aromatic nitrogens is 3. The molecule has 0 spiro atoms. The van der Waals surface area contributed by atoms with Crippen LogP contribution in [0.25, 0.3) is 11.1 Å². The zero-order chi connectivity index (χ0) is 28.9. The number of sulfonamides is 1. The second-order valence-electron chi connectivity index (χ2n) is 9.16. The van der Waals surface area contributed by atoms with Crippen molar-refractivity contribution in [1.29, 1.82) is 5.26 Å². The third-order valence-electron chi connectivity index (χ3n) is 6.23. The highest BCUT2D eigenvalue weighted by atomic mass is 32.2. The number of anilines is 4. The molecule has 2 aromatic carbocycles. The van der Waals surface area contributed by atoms with Crippen LogP contribution in [0.3, 0.4) is 0 Å². The number of hydrogen-bond acceptors (Lipinski definition) is 9. The number of benzene rings is 2. The summed E-state index contributed by atoms with van der Waals surface area (Å²) in [5.74, 6) is 1.33. The van der Waals surface area contributed by atoms with E-state index >= 15 is 0 Å². The molecular formula is C29H29N7O3S. The Morgan fingerprint density at radius 3 is 2.58 bits per heavy atom. The van der Waals surface area contributed by atoms with Gasteiger partial charge in [0, 0.05) is 42.8 Å². The molecule has 0 aliphatic carbocycles. The molecule has 2 aromatic heterocycles. The Hall–Kier alpha value is -4.79. The van der Waals surface area contributed by atoms with Gasteiger partial charge >= 0.3 is 0 Å². The fraction of sp³-hybridized carbons (Fsp3) is 0.172. The summed E-state index contributed by atoms with van der Waals surface area (Å²) in [6.45, 7) is 5.79. The van der Waals surface area contributed by atoms with Crippen LogP contribution in [0.5, 0.6) is 0 Å². The van der Waals surface area contributed by atoms with Crippen molar-refractivity contribution >= 4 is 33.3 Å². The molecule has 40 heavy (non-hydrogen) atoms. The van der Waals surface area contributed by atoms with Gasteiger partial charge in [-0.2, -0.15) is 10.2 Å². The minimum Gasteiger partial charge on any atom is -0.383 e. The summed E-state index contributed by atoms with van der Waals surface area (Å²) >= 11 is 0. The predicted octanol–water partition coefficient (Wildman–Crippen LogP) is 4.71. The van der Waals surface area contributed by atoms with Crippen molar-refractivity contribution in [2.45, 2.75) is 19.6 Å². The van der Waals surface area contributed by atoms with Crippen molar-refractivity contribution in [3.8, 4) is 17.2 Å². The fourth-order valence-electron chi connectivity index (χ4n) is 3.89. The second-order valence-corrected chi connectivity index (χ2v) is 11.2. The van der Waals surface area contributed by atoms with Crippen LogP contribution >= 0.6 is 0 Å². The van der Waals surface area contributed by atoms with E-state index in [9.17, 15) is 13.5 Å². The van der Waals surface area contributed by atoms with E-state index in [0.29, 0.717) is 35.3 Å². The summed E-state index contributed by atoms with van der Waals surface area (Å²) in [6, 6.07) is 20.5. The lowest BCUT2D eigenvalue weighted by Crippen LogP contribution is -2.27. The van der Waals surface area contributed by atoms with Crippen LogP contribution in [0.2, 0.25) is 0 Å². The highest BCUT2D eigenvalue weighted by Crippen LogP contribution is 2.28. The van der Waals surface area contributed by atoms with Gasteiger partial charge in [-0.1, -0.05) is 43.0 Å². The Morgan fingerprint density at radius 2 is 1.88 bits per heavy atom. The number of aryl methyl sites for hydroxylation is 1. The van der Waals surface area contributed by atoms with Crippen molar-refractivity contribution in [1.82, 2.24) is 15.0 Å². The molecule has 4 aromatic rings. The lowest BCUT2D eigenvalue weighted by atomic mass is 9.98. The Bertz CT molecular complexity index is 1680. The molecule has 0 bridgehead atoms. The fourth-order valence-corrected chi connectivity index (χ4v) is 4.37.